The van der Waals surface area contributed by atoms with Crippen LogP contribution < -0.4 is 4.74 Å². The lowest BCUT2D eigenvalue weighted by molar-refractivity contribution is 0.0356. The van der Waals surface area contributed by atoms with Gasteiger partial charge in [0.05, 0.1) is 18.6 Å². The molecule has 2 nitrogen and oxygen atoms in total. The molecule has 1 aliphatic rings. The molecule has 0 spiro atoms. The van der Waals surface area contributed by atoms with E-state index in [9.17, 15) is 5.26 Å². The first-order valence-corrected chi connectivity index (χ1v) is 8.11. The van der Waals surface area contributed by atoms with Gasteiger partial charge in [-0.1, -0.05) is 38.8 Å². The molecular weight excluding hydrogens is 258 g/mol. The molecule has 1 saturated carbocycles. The first-order chi connectivity index (χ1) is 10.0. The van der Waals surface area contributed by atoms with Crippen LogP contribution in [-0.4, -0.2) is 7.11 Å². The van der Waals surface area contributed by atoms with Crippen LogP contribution in [0.25, 0.3) is 0 Å². The van der Waals surface area contributed by atoms with Crippen molar-refractivity contribution in [1.29, 1.82) is 5.26 Å². The number of nitrogens with zero attached hydrogens (tertiary/aromatic N) is 1. The summed E-state index contributed by atoms with van der Waals surface area (Å²) in [5.41, 5.74) is 2.35. The molecule has 1 aromatic rings. The summed E-state index contributed by atoms with van der Waals surface area (Å²) in [5, 5.41) is 9.80. The lowest BCUT2D eigenvalue weighted by atomic mass is 9.48. The van der Waals surface area contributed by atoms with E-state index in [1.165, 1.54) is 25.7 Å². The molecule has 1 fully saturated rings. The fourth-order valence-electron chi connectivity index (χ4n) is 4.23. The van der Waals surface area contributed by atoms with E-state index >= 15 is 0 Å². The van der Waals surface area contributed by atoms with E-state index in [0.29, 0.717) is 5.41 Å². The Bertz CT molecular complexity index is 527. The Hall–Kier alpha value is -1.49. The fraction of sp³-hybridized carbons (Fsp3) is 0.632. The first kappa shape index (κ1) is 15.9. The summed E-state index contributed by atoms with van der Waals surface area (Å²) in [6, 6.07) is 8.88. The lowest BCUT2D eigenvalue weighted by Gasteiger charge is -2.53. The van der Waals surface area contributed by atoms with E-state index in [4.69, 9.17) is 4.74 Å². The summed E-state index contributed by atoms with van der Waals surface area (Å²) in [5.74, 6) is 0.894. The van der Waals surface area contributed by atoms with Gasteiger partial charge in [0.25, 0.3) is 0 Å². The van der Waals surface area contributed by atoms with E-state index in [1.807, 2.05) is 6.92 Å². The third-order valence-electron chi connectivity index (χ3n) is 5.09. The van der Waals surface area contributed by atoms with Crippen molar-refractivity contribution in [1.82, 2.24) is 0 Å². The molecule has 0 aliphatic heterocycles. The van der Waals surface area contributed by atoms with E-state index < -0.39 is 0 Å². The molecule has 0 amide bonds. The average Bonchev–Trinajstić information content (AvgIpc) is 2.45. The second-order valence-electron chi connectivity index (χ2n) is 6.73. The quantitative estimate of drug-likeness (QED) is 0.724. The molecule has 0 radical (unpaired) electrons. The summed E-state index contributed by atoms with van der Waals surface area (Å²) in [7, 11) is 1.70. The average molecular weight is 285 g/mol. The summed E-state index contributed by atoms with van der Waals surface area (Å²) in [4.78, 5) is 0. The normalized spacial score (nSPS) is 18.6. The third kappa shape index (κ3) is 2.79. The predicted molar refractivity (Wildman–Crippen MR) is 86.5 cm³/mol. The lowest BCUT2D eigenvalue weighted by Crippen LogP contribution is -2.48. The van der Waals surface area contributed by atoms with Crippen LogP contribution in [0.2, 0.25) is 0 Å². The molecule has 0 atom stereocenters. The first-order valence-electron chi connectivity index (χ1n) is 8.11. The highest BCUT2D eigenvalue weighted by molar-refractivity contribution is 5.45. The summed E-state index contributed by atoms with van der Waals surface area (Å²) >= 11 is 0. The molecule has 1 aliphatic carbocycles. The Labute approximate surface area is 129 Å². The topological polar surface area (TPSA) is 33.0 Å². The number of hydrogen-bond acceptors (Lipinski definition) is 2. The van der Waals surface area contributed by atoms with Gasteiger partial charge in [0.15, 0.2) is 0 Å². The Morgan fingerprint density at radius 1 is 1.19 bits per heavy atom. The predicted octanol–water partition coefficient (Wildman–Crippen LogP) is 5.15. The highest BCUT2D eigenvalue weighted by Gasteiger charge is 2.54. The second-order valence-corrected chi connectivity index (χ2v) is 6.73. The Balaban J connectivity index is 2.28. The maximum Gasteiger partial charge on any atom is 0.122 e. The third-order valence-corrected chi connectivity index (χ3v) is 5.09. The summed E-state index contributed by atoms with van der Waals surface area (Å²) < 4.78 is 5.43. The molecule has 0 heterocycles. The van der Waals surface area contributed by atoms with E-state index in [1.54, 1.807) is 7.11 Å². The van der Waals surface area contributed by atoms with Crippen molar-refractivity contribution in [2.24, 2.45) is 5.41 Å². The fourth-order valence-corrected chi connectivity index (χ4v) is 4.23. The zero-order valence-electron chi connectivity index (χ0n) is 13.8. The van der Waals surface area contributed by atoms with Gasteiger partial charge in [-0.05, 0) is 55.2 Å². The van der Waals surface area contributed by atoms with Crippen molar-refractivity contribution >= 4 is 0 Å². The zero-order chi connectivity index (χ0) is 15.5. The van der Waals surface area contributed by atoms with Gasteiger partial charge in [-0.15, -0.1) is 0 Å². The van der Waals surface area contributed by atoms with Crippen molar-refractivity contribution in [3.63, 3.8) is 0 Å². The number of nitriles is 1. The standard InChI is InChI=1S/C19H27NO/c1-5-9-18(10-6-2)12-19(13-18,14-20)16-8-7-15(3)17(11-16)21-4/h7-8,11H,5-6,9-10,12-13H2,1-4H3. The maximum atomic E-state index is 9.80. The number of ether oxygens (including phenoxy) is 1. The van der Waals surface area contributed by atoms with Gasteiger partial charge in [0.1, 0.15) is 5.75 Å². The van der Waals surface area contributed by atoms with Gasteiger partial charge in [-0.25, -0.2) is 0 Å². The molecule has 0 aromatic heterocycles. The van der Waals surface area contributed by atoms with Gasteiger partial charge in [-0.2, -0.15) is 5.26 Å². The second kappa shape index (κ2) is 6.10. The van der Waals surface area contributed by atoms with Crippen molar-refractivity contribution in [2.75, 3.05) is 7.11 Å². The molecule has 0 saturated heterocycles. The van der Waals surface area contributed by atoms with Gasteiger partial charge in [0.2, 0.25) is 0 Å². The van der Waals surface area contributed by atoms with E-state index in [-0.39, 0.29) is 5.41 Å². The Kier molecular flexibility index (Phi) is 4.61. The van der Waals surface area contributed by atoms with Crippen LogP contribution in [-0.2, 0) is 5.41 Å². The van der Waals surface area contributed by atoms with Crippen LogP contribution in [0, 0.1) is 23.7 Å². The van der Waals surface area contributed by atoms with E-state index in [2.05, 4.69) is 38.1 Å². The highest BCUT2D eigenvalue weighted by Crippen LogP contribution is 2.60. The molecule has 114 valence electrons. The van der Waals surface area contributed by atoms with Gasteiger partial charge in [-0.3, -0.25) is 0 Å². The summed E-state index contributed by atoms with van der Waals surface area (Å²) in [6.45, 7) is 6.54. The molecule has 21 heavy (non-hydrogen) atoms. The monoisotopic (exact) mass is 285 g/mol. The van der Waals surface area contributed by atoms with Crippen LogP contribution in [0.4, 0.5) is 0 Å². The van der Waals surface area contributed by atoms with Crippen LogP contribution >= 0.6 is 0 Å². The SMILES string of the molecule is CCCC1(CCC)CC(C#N)(c2ccc(C)c(OC)c2)C1. The Morgan fingerprint density at radius 2 is 1.81 bits per heavy atom. The van der Waals surface area contributed by atoms with Crippen molar-refractivity contribution < 1.29 is 4.74 Å². The molecule has 0 unspecified atom stereocenters. The van der Waals surface area contributed by atoms with Crippen LogP contribution in [0.5, 0.6) is 5.75 Å². The van der Waals surface area contributed by atoms with Crippen LogP contribution in [0.1, 0.15) is 63.5 Å². The number of methoxy groups -OCH3 is 1. The number of aryl methyl sites for hydroxylation is 1. The number of rotatable bonds is 6. The van der Waals surface area contributed by atoms with E-state index in [0.717, 1.165) is 29.7 Å². The van der Waals surface area contributed by atoms with Crippen LogP contribution in [0.3, 0.4) is 0 Å². The number of hydrogen-bond donors (Lipinski definition) is 0. The summed E-state index contributed by atoms with van der Waals surface area (Å²) in [6.07, 6.45) is 6.91. The molecule has 2 rings (SSSR count). The molecule has 2 heteroatoms. The zero-order valence-corrected chi connectivity index (χ0v) is 13.8. The van der Waals surface area contributed by atoms with Crippen molar-refractivity contribution in [3.8, 4) is 11.8 Å². The van der Waals surface area contributed by atoms with Gasteiger partial charge in [0, 0.05) is 0 Å². The van der Waals surface area contributed by atoms with Gasteiger partial charge < -0.3 is 4.74 Å². The minimum Gasteiger partial charge on any atom is -0.496 e. The molecule has 0 N–H and O–H groups in total. The smallest absolute Gasteiger partial charge is 0.122 e. The molecule has 0 bridgehead atoms. The van der Waals surface area contributed by atoms with Gasteiger partial charge >= 0.3 is 0 Å². The van der Waals surface area contributed by atoms with Crippen LogP contribution in [0.15, 0.2) is 18.2 Å². The minimum absolute atomic E-state index is 0.300. The largest absolute Gasteiger partial charge is 0.496 e. The highest BCUT2D eigenvalue weighted by atomic mass is 16.5. The molecule has 1 aromatic carbocycles. The van der Waals surface area contributed by atoms with Crippen molar-refractivity contribution in [3.05, 3.63) is 29.3 Å². The Morgan fingerprint density at radius 3 is 2.29 bits per heavy atom. The van der Waals surface area contributed by atoms with Crippen molar-refractivity contribution in [2.45, 2.75) is 64.7 Å². The maximum absolute atomic E-state index is 9.80. The molecular formula is C19H27NO. The minimum atomic E-state index is -0.300. The number of benzene rings is 1.